The third kappa shape index (κ3) is 2.68. The molecule has 13 heavy (non-hydrogen) atoms. The molecule has 0 aliphatic heterocycles. The molecule has 78 valence electrons. The molecule has 0 radical (unpaired) electrons. The maximum absolute atomic E-state index is 3.21. The lowest BCUT2D eigenvalue weighted by atomic mass is 9.86. The van der Waals surface area contributed by atoms with Crippen LogP contribution in [-0.4, -0.2) is 38.1 Å². The van der Waals surface area contributed by atoms with E-state index in [1.165, 1.54) is 25.8 Å². The van der Waals surface area contributed by atoms with Crippen LogP contribution in [0.4, 0.5) is 0 Å². The highest BCUT2D eigenvalue weighted by molar-refractivity contribution is 4.90. The Labute approximate surface area is 82.7 Å². The van der Waals surface area contributed by atoms with Crippen LogP contribution < -0.4 is 5.32 Å². The number of rotatable bonds is 4. The lowest BCUT2D eigenvalue weighted by Crippen LogP contribution is -2.42. The molecule has 2 heteroatoms. The standard InChI is InChI=1S/C11H24N2/c1-11(2)7-5-6-10(11)13(4)9-8-12-3/h10,12H,5-9H2,1-4H3. The minimum Gasteiger partial charge on any atom is -0.318 e. The van der Waals surface area contributed by atoms with Crippen LogP contribution in [0.3, 0.4) is 0 Å². The Morgan fingerprint density at radius 1 is 1.46 bits per heavy atom. The van der Waals surface area contributed by atoms with Gasteiger partial charge >= 0.3 is 0 Å². The predicted molar refractivity (Wildman–Crippen MR) is 58.0 cm³/mol. The van der Waals surface area contributed by atoms with E-state index in [1.807, 2.05) is 7.05 Å². The van der Waals surface area contributed by atoms with Crippen molar-refractivity contribution in [2.45, 2.75) is 39.2 Å². The van der Waals surface area contributed by atoms with Crippen LogP contribution >= 0.6 is 0 Å². The molecule has 1 fully saturated rings. The minimum absolute atomic E-state index is 0.530. The van der Waals surface area contributed by atoms with E-state index in [0.29, 0.717) is 5.41 Å². The van der Waals surface area contributed by atoms with Gasteiger partial charge in [-0.2, -0.15) is 0 Å². The molecule has 1 aliphatic rings. The van der Waals surface area contributed by atoms with Gasteiger partial charge in [0.2, 0.25) is 0 Å². The van der Waals surface area contributed by atoms with Crippen molar-refractivity contribution in [2.75, 3.05) is 27.2 Å². The normalized spacial score (nSPS) is 27.0. The maximum atomic E-state index is 3.21. The zero-order valence-corrected chi connectivity index (χ0v) is 9.56. The van der Waals surface area contributed by atoms with Crippen LogP contribution in [0.5, 0.6) is 0 Å². The van der Waals surface area contributed by atoms with E-state index in [-0.39, 0.29) is 0 Å². The van der Waals surface area contributed by atoms with Crippen molar-refractivity contribution in [3.8, 4) is 0 Å². The minimum atomic E-state index is 0.530. The van der Waals surface area contributed by atoms with Gasteiger partial charge in [-0.1, -0.05) is 20.3 Å². The Balaban J connectivity index is 2.41. The summed E-state index contributed by atoms with van der Waals surface area (Å²) in [5.74, 6) is 0. The quantitative estimate of drug-likeness (QED) is 0.715. The number of nitrogens with one attached hydrogen (secondary N) is 1. The number of hydrogen-bond acceptors (Lipinski definition) is 2. The van der Waals surface area contributed by atoms with Crippen LogP contribution in [-0.2, 0) is 0 Å². The smallest absolute Gasteiger partial charge is 0.0144 e. The zero-order chi connectivity index (χ0) is 9.90. The van der Waals surface area contributed by atoms with Crippen molar-refractivity contribution in [2.24, 2.45) is 5.41 Å². The molecular formula is C11H24N2. The molecular weight excluding hydrogens is 160 g/mol. The Morgan fingerprint density at radius 2 is 2.15 bits per heavy atom. The summed E-state index contributed by atoms with van der Waals surface area (Å²) in [7, 11) is 4.28. The molecule has 0 heterocycles. The Hall–Kier alpha value is -0.0800. The predicted octanol–water partition coefficient (Wildman–Crippen LogP) is 1.72. The molecule has 0 amide bonds. The van der Waals surface area contributed by atoms with E-state index < -0.39 is 0 Å². The molecule has 2 nitrogen and oxygen atoms in total. The van der Waals surface area contributed by atoms with Gasteiger partial charge in [0.15, 0.2) is 0 Å². The average molecular weight is 184 g/mol. The summed E-state index contributed by atoms with van der Waals surface area (Å²) in [5.41, 5.74) is 0.530. The van der Waals surface area contributed by atoms with E-state index in [1.54, 1.807) is 0 Å². The molecule has 0 saturated heterocycles. The summed E-state index contributed by atoms with van der Waals surface area (Å²) >= 11 is 0. The van der Waals surface area contributed by atoms with E-state index in [2.05, 4.69) is 31.1 Å². The van der Waals surface area contributed by atoms with E-state index in [4.69, 9.17) is 0 Å². The van der Waals surface area contributed by atoms with Crippen LogP contribution in [0, 0.1) is 5.41 Å². The summed E-state index contributed by atoms with van der Waals surface area (Å²) in [6, 6.07) is 0.792. The summed E-state index contributed by atoms with van der Waals surface area (Å²) in [6.45, 7) is 7.08. The largest absolute Gasteiger partial charge is 0.318 e. The van der Waals surface area contributed by atoms with Gasteiger partial charge in [-0.15, -0.1) is 0 Å². The molecule has 0 aromatic rings. The van der Waals surface area contributed by atoms with E-state index in [0.717, 1.165) is 12.6 Å². The SMILES string of the molecule is CNCCN(C)C1CCCC1(C)C. The molecule has 0 bridgehead atoms. The summed E-state index contributed by atoms with van der Waals surface area (Å²) in [6.07, 6.45) is 4.18. The van der Waals surface area contributed by atoms with Gasteiger partial charge in [-0.25, -0.2) is 0 Å². The third-order valence-corrected chi connectivity index (χ3v) is 3.45. The second-order valence-corrected chi connectivity index (χ2v) is 4.98. The fraction of sp³-hybridized carbons (Fsp3) is 1.00. The molecule has 0 aromatic heterocycles. The van der Waals surface area contributed by atoms with Crippen molar-refractivity contribution < 1.29 is 0 Å². The van der Waals surface area contributed by atoms with Crippen molar-refractivity contribution in [3.05, 3.63) is 0 Å². The van der Waals surface area contributed by atoms with Crippen molar-refractivity contribution in [1.82, 2.24) is 10.2 Å². The van der Waals surface area contributed by atoms with Crippen molar-refractivity contribution in [1.29, 1.82) is 0 Å². The van der Waals surface area contributed by atoms with Crippen LogP contribution in [0.2, 0.25) is 0 Å². The van der Waals surface area contributed by atoms with Crippen molar-refractivity contribution >= 4 is 0 Å². The first kappa shape index (κ1) is 11.0. The molecule has 0 aromatic carbocycles. The van der Waals surface area contributed by atoms with Gasteiger partial charge in [-0.3, -0.25) is 0 Å². The van der Waals surface area contributed by atoms with E-state index >= 15 is 0 Å². The number of hydrogen-bond donors (Lipinski definition) is 1. The van der Waals surface area contributed by atoms with Gasteiger partial charge in [0.05, 0.1) is 0 Å². The van der Waals surface area contributed by atoms with Crippen LogP contribution in [0.25, 0.3) is 0 Å². The first-order valence-corrected chi connectivity index (χ1v) is 5.43. The molecule has 1 rings (SSSR count). The highest BCUT2D eigenvalue weighted by Gasteiger charge is 2.36. The fourth-order valence-corrected chi connectivity index (χ4v) is 2.57. The molecule has 0 spiro atoms. The second kappa shape index (κ2) is 4.43. The Bertz CT molecular complexity index is 154. The number of likely N-dealkylation sites (N-methyl/N-ethyl adjacent to an activating group) is 2. The maximum Gasteiger partial charge on any atom is 0.0144 e. The highest BCUT2D eigenvalue weighted by atomic mass is 15.2. The van der Waals surface area contributed by atoms with Gasteiger partial charge in [0.1, 0.15) is 0 Å². The van der Waals surface area contributed by atoms with Crippen molar-refractivity contribution in [3.63, 3.8) is 0 Å². The second-order valence-electron chi connectivity index (χ2n) is 4.98. The molecule has 1 unspecified atom stereocenters. The topological polar surface area (TPSA) is 15.3 Å². The summed E-state index contributed by atoms with van der Waals surface area (Å²) in [5, 5.41) is 3.21. The highest BCUT2D eigenvalue weighted by Crippen LogP contribution is 2.39. The van der Waals surface area contributed by atoms with Gasteiger partial charge in [0.25, 0.3) is 0 Å². The molecule has 1 saturated carbocycles. The summed E-state index contributed by atoms with van der Waals surface area (Å²) < 4.78 is 0. The first-order valence-electron chi connectivity index (χ1n) is 5.43. The number of nitrogens with zero attached hydrogens (tertiary/aromatic N) is 1. The van der Waals surface area contributed by atoms with Gasteiger partial charge < -0.3 is 10.2 Å². The van der Waals surface area contributed by atoms with E-state index in [9.17, 15) is 0 Å². The third-order valence-electron chi connectivity index (χ3n) is 3.45. The van der Waals surface area contributed by atoms with Crippen LogP contribution in [0.15, 0.2) is 0 Å². The Kier molecular flexibility index (Phi) is 3.74. The molecule has 1 N–H and O–H groups in total. The average Bonchev–Trinajstić information content (AvgIpc) is 2.41. The van der Waals surface area contributed by atoms with Gasteiger partial charge in [0, 0.05) is 19.1 Å². The Morgan fingerprint density at radius 3 is 2.62 bits per heavy atom. The fourth-order valence-electron chi connectivity index (χ4n) is 2.57. The first-order chi connectivity index (χ1) is 6.08. The molecule has 1 aliphatic carbocycles. The van der Waals surface area contributed by atoms with Gasteiger partial charge in [-0.05, 0) is 32.4 Å². The molecule has 1 atom stereocenters. The monoisotopic (exact) mass is 184 g/mol. The van der Waals surface area contributed by atoms with Crippen LogP contribution in [0.1, 0.15) is 33.1 Å². The summed E-state index contributed by atoms with van der Waals surface area (Å²) in [4.78, 5) is 2.52. The zero-order valence-electron chi connectivity index (χ0n) is 9.56. The lowest BCUT2D eigenvalue weighted by molar-refractivity contribution is 0.142. The lowest BCUT2D eigenvalue weighted by Gasteiger charge is -2.35.